The summed E-state index contributed by atoms with van der Waals surface area (Å²) in [5.41, 5.74) is 0. The first-order valence-corrected chi connectivity index (χ1v) is 7.09. The van der Waals surface area contributed by atoms with Crippen LogP contribution in [0.5, 0.6) is 0 Å². The van der Waals surface area contributed by atoms with E-state index in [0.717, 1.165) is 31.1 Å². The van der Waals surface area contributed by atoms with E-state index < -0.39 is 0 Å². The number of rotatable bonds is 3. The smallest absolute Gasteiger partial charge is 0.0509 e. The summed E-state index contributed by atoms with van der Waals surface area (Å²) in [6.45, 7) is 6.68. The summed E-state index contributed by atoms with van der Waals surface area (Å²) in [4.78, 5) is 0. The summed E-state index contributed by atoms with van der Waals surface area (Å²) in [5, 5.41) is 3.84. The highest BCUT2D eigenvalue weighted by molar-refractivity contribution is 4.81. The van der Waals surface area contributed by atoms with E-state index in [1.54, 1.807) is 0 Å². The van der Waals surface area contributed by atoms with Crippen molar-refractivity contribution in [2.75, 3.05) is 13.2 Å². The maximum atomic E-state index is 5.47. The molecular weight excluding hydrogens is 198 g/mol. The minimum absolute atomic E-state index is 0.640. The van der Waals surface area contributed by atoms with E-state index in [1.165, 1.54) is 38.5 Å². The molecule has 0 amide bonds. The van der Waals surface area contributed by atoms with Gasteiger partial charge in [0, 0.05) is 18.7 Å². The Labute approximate surface area is 100 Å². The van der Waals surface area contributed by atoms with Crippen LogP contribution in [-0.2, 0) is 4.74 Å². The normalized spacial score (nSPS) is 38.2. The molecule has 1 saturated heterocycles. The first kappa shape index (κ1) is 12.4. The lowest BCUT2D eigenvalue weighted by atomic mass is 9.98. The van der Waals surface area contributed by atoms with E-state index in [-0.39, 0.29) is 0 Å². The SMILES string of the molecule is CC1CCCC(NC(C)C2CCOC2)CC1. The zero-order valence-corrected chi connectivity index (χ0v) is 10.9. The molecule has 2 heteroatoms. The second-order valence-electron chi connectivity index (χ2n) is 5.89. The van der Waals surface area contributed by atoms with Gasteiger partial charge in [-0.05, 0) is 44.4 Å². The molecule has 0 aromatic heterocycles. The average molecular weight is 225 g/mol. The molecule has 0 radical (unpaired) electrons. The van der Waals surface area contributed by atoms with Crippen LogP contribution >= 0.6 is 0 Å². The van der Waals surface area contributed by atoms with Gasteiger partial charge in [0.15, 0.2) is 0 Å². The molecule has 0 spiro atoms. The van der Waals surface area contributed by atoms with Crippen molar-refractivity contribution in [3.05, 3.63) is 0 Å². The predicted octanol–water partition coefficient (Wildman–Crippen LogP) is 2.97. The Hall–Kier alpha value is -0.0800. The van der Waals surface area contributed by atoms with Crippen LogP contribution in [0.4, 0.5) is 0 Å². The van der Waals surface area contributed by atoms with Gasteiger partial charge in [-0.2, -0.15) is 0 Å². The van der Waals surface area contributed by atoms with Gasteiger partial charge in [-0.1, -0.05) is 19.8 Å². The molecule has 1 aliphatic heterocycles. The van der Waals surface area contributed by atoms with Crippen LogP contribution in [0.2, 0.25) is 0 Å². The van der Waals surface area contributed by atoms with E-state index in [4.69, 9.17) is 4.74 Å². The average Bonchev–Trinajstić information content (AvgIpc) is 2.72. The summed E-state index contributed by atoms with van der Waals surface area (Å²) >= 11 is 0. The number of ether oxygens (including phenoxy) is 1. The third-order valence-corrected chi connectivity index (χ3v) is 4.43. The third kappa shape index (κ3) is 3.46. The zero-order chi connectivity index (χ0) is 11.4. The fraction of sp³-hybridized carbons (Fsp3) is 1.00. The van der Waals surface area contributed by atoms with Crippen molar-refractivity contribution >= 4 is 0 Å². The van der Waals surface area contributed by atoms with Gasteiger partial charge >= 0.3 is 0 Å². The van der Waals surface area contributed by atoms with Crippen molar-refractivity contribution in [1.82, 2.24) is 5.32 Å². The largest absolute Gasteiger partial charge is 0.381 e. The highest BCUT2D eigenvalue weighted by Gasteiger charge is 2.25. The number of nitrogens with one attached hydrogen (secondary N) is 1. The molecule has 0 aromatic carbocycles. The Bertz CT molecular complexity index is 201. The lowest BCUT2D eigenvalue weighted by Crippen LogP contribution is -2.41. The Balaban J connectivity index is 1.74. The fourth-order valence-electron chi connectivity index (χ4n) is 3.11. The molecule has 0 aromatic rings. The summed E-state index contributed by atoms with van der Waals surface area (Å²) in [6, 6.07) is 1.40. The molecule has 4 atom stereocenters. The molecule has 2 aliphatic rings. The van der Waals surface area contributed by atoms with E-state index in [9.17, 15) is 0 Å². The standard InChI is InChI=1S/C14H27NO/c1-11-4-3-5-14(7-6-11)15-12(2)13-8-9-16-10-13/h11-15H,3-10H2,1-2H3. The van der Waals surface area contributed by atoms with Gasteiger partial charge in [0.05, 0.1) is 6.61 Å². The summed E-state index contributed by atoms with van der Waals surface area (Å²) in [6.07, 6.45) is 8.25. The van der Waals surface area contributed by atoms with Crippen LogP contribution in [0, 0.1) is 11.8 Å². The van der Waals surface area contributed by atoms with E-state index in [0.29, 0.717) is 6.04 Å². The van der Waals surface area contributed by atoms with Crippen molar-refractivity contribution < 1.29 is 4.74 Å². The van der Waals surface area contributed by atoms with Gasteiger partial charge < -0.3 is 10.1 Å². The summed E-state index contributed by atoms with van der Waals surface area (Å²) in [7, 11) is 0. The Kier molecular flexibility index (Phi) is 4.66. The molecule has 1 aliphatic carbocycles. The van der Waals surface area contributed by atoms with Crippen LogP contribution in [-0.4, -0.2) is 25.3 Å². The van der Waals surface area contributed by atoms with Gasteiger partial charge in [-0.3, -0.25) is 0 Å². The molecule has 1 heterocycles. The van der Waals surface area contributed by atoms with Crippen molar-refractivity contribution in [2.24, 2.45) is 11.8 Å². The fourth-order valence-corrected chi connectivity index (χ4v) is 3.11. The highest BCUT2D eigenvalue weighted by atomic mass is 16.5. The number of hydrogen-bond donors (Lipinski definition) is 1. The molecule has 1 saturated carbocycles. The quantitative estimate of drug-likeness (QED) is 0.746. The molecular formula is C14H27NO. The minimum atomic E-state index is 0.640. The van der Waals surface area contributed by atoms with Crippen LogP contribution in [0.15, 0.2) is 0 Å². The van der Waals surface area contributed by atoms with Crippen LogP contribution < -0.4 is 5.32 Å². The molecule has 2 fully saturated rings. The van der Waals surface area contributed by atoms with Gasteiger partial charge in [0.25, 0.3) is 0 Å². The molecule has 94 valence electrons. The van der Waals surface area contributed by atoms with Crippen molar-refractivity contribution in [3.63, 3.8) is 0 Å². The Morgan fingerprint density at radius 3 is 2.75 bits per heavy atom. The minimum Gasteiger partial charge on any atom is -0.381 e. The van der Waals surface area contributed by atoms with Gasteiger partial charge in [-0.25, -0.2) is 0 Å². The third-order valence-electron chi connectivity index (χ3n) is 4.43. The highest BCUT2D eigenvalue weighted by Crippen LogP contribution is 2.24. The van der Waals surface area contributed by atoms with Crippen molar-refractivity contribution in [2.45, 2.75) is 64.5 Å². The first-order valence-electron chi connectivity index (χ1n) is 7.09. The van der Waals surface area contributed by atoms with Crippen LogP contribution in [0.1, 0.15) is 52.4 Å². The number of hydrogen-bond acceptors (Lipinski definition) is 2. The summed E-state index contributed by atoms with van der Waals surface area (Å²) < 4.78 is 5.47. The van der Waals surface area contributed by atoms with Crippen molar-refractivity contribution in [1.29, 1.82) is 0 Å². The first-order chi connectivity index (χ1) is 7.75. The molecule has 16 heavy (non-hydrogen) atoms. The molecule has 4 unspecified atom stereocenters. The van der Waals surface area contributed by atoms with Crippen molar-refractivity contribution in [3.8, 4) is 0 Å². The zero-order valence-electron chi connectivity index (χ0n) is 10.9. The molecule has 1 N–H and O–H groups in total. The Morgan fingerprint density at radius 1 is 1.12 bits per heavy atom. The second kappa shape index (κ2) is 6.02. The van der Waals surface area contributed by atoms with E-state index in [1.807, 2.05) is 0 Å². The Morgan fingerprint density at radius 2 is 2.00 bits per heavy atom. The topological polar surface area (TPSA) is 21.3 Å². The predicted molar refractivity (Wildman–Crippen MR) is 67.6 cm³/mol. The summed E-state index contributed by atoms with van der Waals surface area (Å²) in [5.74, 6) is 1.69. The molecule has 2 rings (SSSR count). The lowest BCUT2D eigenvalue weighted by Gasteiger charge is -2.25. The maximum absolute atomic E-state index is 5.47. The van der Waals surface area contributed by atoms with E-state index in [2.05, 4.69) is 19.2 Å². The maximum Gasteiger partial charge on any atom is 0.0509 e. The van der Waals surface area contributed by atoms with Gasteiger partial charge in [-0.15, -0.1) is 0 Å². The van der Waals surface area contributed by atoms with Crippen LogP contribution in [0.3, 0.4) is 0 Å². The monoisotopic (exact) mass is 225 g/mol. The lowest BCUT2D eigenvalue weighted by molar-refractivity contribution is 0.176. The second-order valence-corrected chi connectivity index (χ2v) is 5.89. The molecule has 2 nitrogen and oxygen atoms in total. The van der Waals surface area contributed by atoms with E-state index >= 15 is 0 Å². The van der Waals surface area contributed by atoms with Gasteiger partial charge in [0.2, 0.25) is 0 Å². The molecule has 0 bridgehead atoms. The van der Waals surface area contributed by atoms with Crippen LogP contribution in [0.25, 0.3) is 0 Å². The van der Waals surface area contributed by atoms with Gasteiger partial charge in [0.1, 0.15) is 0 Å².